The van der Waals surface area contributed by atoms with Crippen molar-refractivity contribution >= 4 is 17.2 Å². The number of nitrogen functional groups attached to an aromatic ring is 1. The van der Waals surface area contributed by atoms with E-state index in [2.05, 4.69) is 33.6 Å². The maximum absolute atomic E-state index is 8.64. The van der Waals surface area contributed by atoms with E-state index in [-0.39, 0.29) is 11.3 Å². The third-order valence-corrected chi connectivity index (χ3v) is 4.98. The summed E-state index contributed by atoms with van der Waals surface area (Å²) < 4.78 is 6.02. The fourth-order valence-corrected chi connectivity index (χ4v) is 3.07. The van der Waals surface area contributed by atoms with Crippen LogP contribution in [0.2, 0.25) is 0 Å². The Bertz CT molecular complexity index is 927. The number of anilines is 2. The Morgan fingerprint density at radius 3 is 2.63 bits per heavy atom. The van der Waals surface area contributed by atoms with Crippen molar-refractivity contribution in [3.8, 4) is 17.6 Å². The molecular weight excluding hydrogens is 338 g/mol. The number of ether oxygens (including phenoxy) is 1. The second-order valence-corrected chi connectivity index (χ2v) is 7.28. The Labute approximate surface area is 159 Å². The van der Waals surface area contributed by atoms with Crippen LogP contribution in [0.3, 0.4) is 0 Å². The van der Waals surface area contributed by atoms with Crippen LogP contribution >= 0.6 is 0 Å². The number of nitrogens with zero attached hydrogens (tertiary/aromatic N) is 3. The van der Waals surface area contributed by atoms with E-state index in [1.807, 2.05) is 18.2 Å². The Balaban J connectivity index is 1.59. The Morgan fingerprint density at radius 2 is 1.93 bits per heavy atom. The number of hydrogen-bond acceptors (Lipinski definition) is 6. The molecule has 0 spiro atoms. The minimum absolute atomic E-state index is 0.0769. The quantitative estimate of drug-likeness (QED) is 0.485. The average Bonchev–Trinajstić information content (AvgIpc) is 3.45. The molecule has 1 aromatic heterocycles. The van der Waals surface area contributed by atoms with Crippen molar-refractivity contribution < 1.29 is 4.74 Å². The lowest BCUT2D eigenvalue weighted by Crippen LogP contribution is -2.25. The fraction of sp³-hybridized carbons (Fsp3) is 0.381. The molecular formula is C21H23N5O. The molecule has 1 aromatic carbocycles. The molecule has 6 nitrogen and oxygen atoms in total. The summed E-state index contributed by atoms with van der Waals surface area (Å²) in [7, 11) is 0. The van der Waals surface area contributed by atoms with Gasteiger partial charge in [0.1, 0.15) is 23.5 Å². The summed E-state index contributed by atoms with van der Waals surface area (Å²) in [6.07, 6.45) is 5.26. The van der Waals surface area contributed by atoms with Gasteiger partial charge >= 0.3 is 0 Å². The zero-order valence-corrected chi connectivity index (χ0v) is 15.5. The third kappa shape index (κ3) is 3.87. The molecule has 0 unspecified atom stereocenters. The predicted molar refractivity (Wildman–Crippen MR) is 106 cm³/mol. The standard InChI is InChI=1S/C21H23N5O/c1-21(8-9-21)27-15-6-7-17(22)16(12-15)20(23)18-13-19(25-14-24-18)26-10-4-2-3-5-11-26/h6-7,12-14,23H,4-5,8-11,22H2,1H3. The van der Waals surface area contributed by atoms with Crippen molar-refractivity contribution in [1.29, 1.82) is 5.41 Å². The monoisotopic (exact) mass is 361 g/mol. The normalized spacial score (nSPS) is 17.4. The van der Waals surface area contributed by atoms with E-state index < -0.39 is 0 Å². The highest BCUT2D eigenvalue weighted by atomic mass is 16.5. The zero-order valence-electron chi connectivity index (χ0n) is 15.5. The first kappa shape index (κ1) is 17.3. The molecule has 2 heterocycles. The molecule has 6 heteroatoms. The average molecular weight is 361 g/mol. The molecule has 3 N–H and O–H groups in total. The van der Waals surface area contributed by atoms with E-state index in [1.165, 1.54) is 6.33 Å². The number of nitrogens with two attached hydrogens (primary N) is 1. The van der Waals surface area contributed by atoms with Gasteiger partial charge in [0, 0.05) is 43.2 Å². The first-order chi connectivity index (χ1) is 13.0. The summed E-state index contributed by atoms with van der Waals surface area (Å²) in [5.41, 5.74) is 8.05. The molecule has 27 heavy (non-hydrogen) atoms. The first-order valence-electron chi connectivity index (χ1n) is 9.25. The van der Waals surface area contributed by atoms with Gasteiger partial charge < -0.3 is 15.4 Å². The molecule has 0 bridgehead atoms. The van der Waals surface area contributed by atoms with Gasteiger partial charge in [-0.25, -0.2) is 9.97 Å². The van der Waals surface area contributed by atoms with Crippen LogP contribution in [-0.4, -0.2) is 34.4 Å². The van der Waals surface area contributed by atoms with Crippen molar-refractivity contribution in [1.82, 2.24) is 9.97 Å². The van der Waals surface area contributed by atoms with E-state index in [9.17, 15) is 0 Å². The van der Waals surface area contributed by atoms with Crippen LogP contribution in [0.15, 0.2) is 30.6 Å². The smallest absolute Gasteiger partial charge is 0.132 e. The van der Waals surface area contributed by atoms with Crippen LogP contribution in [0.5, 0.6) is 5.75 Å². The van der Waals surface area contributed by atoms with E-state index in [1.54, 1.807) is 6.07 Å². The van der Waals surface area contributed by atoms with Crippen LogP contribution in [-0.2, 0) is 0 Å². The number of benzene rings is 1. The number of rotatable bonds is 5. The van der Waals surface area contributed by atoms with E-state index >= 15 is 0 Å². The predicted octanol–water partition coefficient (Wildman–Crippen LogP) is 3.01. The second kappa shape index (κ2) is 6.92. The maximum atomic E-state index is 8.64. The molecule has 0 radical (unpaired) electrons. The molecule has 1 fully saturated rings. The molecule has 0 amide bonds. The van der Waals surface area contributed by atoms with Gasteiger partial charge in [0.15, 0.2) is 0 Å². The lowest BCUT2D eigenvalue weighted by atomic mass is 10.0. The van der Waals surface area contributed by atoms with Gasteiger partial charge in [-0.1, -0.05) is 0 Å². The SMILES string of the molecule is CC1(Oc2ccc(N)c(C(=N)c3cc(N4CCC#CCC4)ncn3)c2)CC1. The highest BCUT2D eigenvalue weighted by Crippen LogP contribution is 2.40. The van der Waals surface area contributed by atoms with Gasteiger partial charge in [0.25, 0.3) is 0 Å². The number of nitrogens with one attached hydrogen (secondary N) is 1. The number of hydrogen-bond donors (Lipinski definition) is 2. The summed E-state index contributed by atoms with van der Waals surface area (Å²) in [4.78, 5) is 10.9. The minimum Gasteiger partial charge on any atom is -0.488 e. The van der Waals surface area contributed by atoms with Crippen molar-refractivity contribution in [2.75, 3.05) is 23.7 Å². The lowest BCUT2D eigenvalue weighted by Gasteiger charge is -2.21. The molecule has 1 saturated carbocycles. The minimum atomic E-state index is -0.0769. The first-order valence-corrected chi connectivity index (χ1v) is 9.25. The molecule has 1 aliphatic carbocycles. The summed E-state index contributed by atoms with van der Waals surface area (Å²) in [5.74, 6) is 7.83. The van der Waals surface area contributed by atoms with Crippen LogP contribution in [0.25, 0.3) is 0 Å². The largest absolute Gasteiger partial charge is 0.488 e. The van der Waals surface area contributed by atoms with Crippen molar-refractivity contribution in [2.24, 2.45) is 0 Å². The molecule has 1 aliphatic heterocycles. The topological polar surface area (TPSA) is 88.1 Å². The zero-order chi connectivity index (χ0) is 18.9. The van der Waals surface area contributed by atoms with Crippen molar-refractivity contribution in [3.63, 3.8) is 0 Å². The third-order valence-electron chi connectivity index (χ3n) is 4.98. The second-order valence-electron chi connectivity index (χ2n) is 7.28. The molecule has 2 aromatic rings. The summed E-state index contributed by atoms with van der Waals surface area (Å²) in [5, 5.41) is 8.64. The van der Waals surface area contributed by atoms with Gasteiger partial charge in [0.05, 0.1) is 11.4 Å². The number of aromatic nitrogens is 2. The van der Waals surface area contributed by atoms with Crippen molar-refractivity contribution in [2.45, 2.75) is 38.2 Å². The van der Waals surface area contributed by atoms with Gasteiger partial charge in [0.2, 0.25) is 0 Å². The molecule has 138 valence electrons. The molecule has 0 atom stereocenters. The molecule has 0 saturated heterocycles. The van der Waals surface area contributed by atoms with Crippen LogP contribution in [0.1, 0.15) is 43.9 Å². The summed E-state index contributed by atoms with van der Waals surface area (Å²) in [6.45, 7) is 3.76. The van der Waals surface area contributed by atoms with Gasteiger partial charge in [-0.05, 0) is 38.0 Å². The summed E-state index contributed by atoms with van der Waals surface area (Å²) in [6, 6.07) is 7.34. The Kier molecular flexibility index (Phi) is 4.44. The van der Waals surface area contributed by atoms with Crippen LogP contribution in [0.4, 0.5) is 11.5 Å². The van der Waals surface area contributed by atoms with Crippen LogP contribution in [0, 0.1) is 17.3 Å². The van der Waals surface area contributed by atoms with E-state index in [0.29, 0.717) is 16.9 Å². The highest BCUT2D eigenvalue weighted by molar-refractivity contribution is 6.13. The molecule has 4 rings (SSSR count). The van der Waals surface area contributed by atoms with E-state index in [0.717, 1.165) is 50.3 Å². The van der Waals surface area contributed by atoms with Gasteiger partial charge in [-0.3, -0.25) is 5.41 Å². The Morgan fingerprint density at radius 1 is 1.19 bits per heavy atom. The Hall–Kier alpha value is -3.07. The van der Waals surface area contributed by atoms with E-state index in [4.69, 9.17) is 15.9 Å². The lowest BCUT2D eigenvalue weighted by molar-refractivity contribution is 0.200. The summed E-state index contributed by atoms with van der Waals surface area (Å²) >= 11 is 0. The fourth-order valence-electron chi connectivity index (χ4n) is 3.07. The van der Waals surface area contributed by atoms with Crippen LogP contribution < -0.4 is 15.4 Å². The molecule has 2 aliphatic rings. The maximum Gasteiger partial charge on any atom is 0.132 e. The van der Waals surface area contributed by atoms with Gasteiger partial charge in [-0.15, -0.1) is 11.8 Å². The highest BCUT2D eigenvalue weighted by Gasteiger charge is 2.40. The van der Waals surface area contributed by atoms with Gasteiger partial charge in [-0.2, -0.15) is 0 Å². The van der Waals surface area contributed by atoms with Crippen molar-refractivity contribution in [3.05, 3.63) is 41.9 Å².